The Bertz CT molecular complexity index is 2320. The maximum Gasteiger partial charge on any atom is 0.138 e. The molecule has 0 saturated heterocycles. The molecular weight excluding hydrogens is 540 g/mol. The van der Waals surface area contributed by atoms with Gasteiger partial charge in [-0.2, -0.15) is 0 Å². The van der Waals surface area contributed by atoms with Gasteiger partial charge in [-0.25, -0.2) is 9.97 Å². The Hall–Kier alpha value is -6.14. The van der Waals surface area contributed by atoms with E-state index >= 15 is 0 Å². The molecule has 0 saturated carbocycles. The lowest BCUT2D eigenvalue weighted by atomic mass is 10.1. The third-order valence-electron chi connectivity index (χ3n) is 8.23. The Morgan fingerprint density at radius 1 is 0.386 bits per heavy atom. The van der Waals surface area contributed by atoms with E-state index in [1.807, 2.05) is 60.9 Å². The van der Waals surface area contributed by atoms with E-state index in [4.69, 9.17) is 19.9 Å². The lowest BCUT2D eigenvalue weighted by Gasteiger charge is -2.10. The van der Waals surface area contributed by atoms with Crippen LogP contribution >= 0.6 is 0 Å². The van der Waals surface area contributed by atoms with Gasteiger partial charge in [0, 0.05) is 34.3 Å². The van der Waals surface area contributed by atoms with Gasteiger partial charge in [0.25, 0.3) is 0 Å². The highest BCUT2D eigenvalue weighted by molar-refractivity contribution is 6.17. The topological polar surface area (TPSA) is 61.4 Å². The van der Waals surface area contributed by atoms with E-state index in [1.54, 1.807) is 0 Å². The van der Waals surface area contributed by atoms with E-state index in [9.17, 15) is 0 Å². The molecule has 0 radical (unpaired) electrons. The van der Waals surface area contributed by atoms with Gasteiger partial charge in [0.15, 0.2) is 0 Å². The van der Waals surface area contributed by atoms with Crippen LogP contribution in [0.15, 0.2) is 146 Å². The number of hydrogen-bond acceptors (Lipinski definition) is 4. The highest BCUT2D eigenvalue weighted by atomic mass is 15.1. The van der Waals surface area contributed by atoms with E-state index in [0.717, 1.165) is 78.0 Å². The third kappa shape index (κ3) is 3.75. The Kier molecular flexibility index (Phi) is 5.40. The number of aromatic nitrogens is 6. The van der Waals surface area contributed by atoms with E-state index in [1.165, 1.54) is 0 Å². The first-order valence-electron chi connectivity index (χ1n) is 14.6. The molecule has 0 bridgehead atoms. The summed E-state index contributed by atoms with van der Waals surface area (Å²) in [6.45, 7) is 0. The minimum Gasteiger partial charge on any atom is -0.292 e. The number of rotatable bonds is 4. The van der Waals surface area contributed by atoms with Crippen LogP contribution in [0.1, 0.15) is 0 Å². The highest BCUT2D eigenvalue weighted by Gasteiger charge is 2.20. The molecule has 6 nitrogen and oxygen atoms in total. The highest BCUT2D eigenvalue weighted by Crippen LogP contribution is 2.38. The third-order valence-corrected chi connectivity index (χ3v) is 8.23. The largest absolute Gasteiger partial charge is 0.292 e. The summed E-state index contributed by atoms with van der Waals surface area (Å²) in [5.41, 5.74) is 9.90. The quantitative estimate of drug-likeness (QED) is 0.214. The molecule has 0 unspecified atom stereocenters. The number of nitrogens with zero attached hydrogens (tertiary/aromatic N) is 6. The molecule has 0 fully saturated rings. The summed E-state index contributed by atoms with van der Waals surface area (Å²) in [4.78, 5) is 20.0. The summed E-state index contributed by atoms with van der Waals surface area (Å²) >= 11 is 0. The molecule has 0 aliphatic carbocycles. The van der Waals surface area contributed by atoms with Gasteiger partial charge in [-0.1, -0.05) is 72.8 Å². The van der Waals surface area contributed by atoms with Gasteiger partial charge in [0.1, 0.15) is 11.6 Å². The van der Waals surface area contributed by atoms with Crippen LogP contribution in [0.3, 0.4) is 0 Å². The molecular formula is C38H24N6. The van der Waals surface area contributed by atoms with Gasteiger partial charge < -0.3 is 0 Å². The van der Waals surface area contributed by atoms with E-state index in [-0.39, 0.29) is 0 Å². The van der Waals surface area contributed by atoms with E-state index < -0.39 is 0 Å². The predicted octanol–water partition coefficient (Wildman–Crippen LogP) is 8.79. The first-order valence-corrected chi connectivity index (χ1v) is 14.6. The zero-order chi connectivity index (χ0) is 29.0. The molecule has 0 atom stereocenters. The van der Waals surface area contributed by atoms with Gasteiger partial charge in [-0.3, -0.25) is 19.1 Å². The normalized spacial score (nSPS) is 11.6. The summed E-state index contributed by atoms with van der Waals surface area (Å²) in [6.07, 6.45) is 3.71. The molecule has 44 heavy (non-hydrogen) atoms. The van der Waals surface area contributed by atoms with Crippen molar-refractivity contribution in [3.05, 3.63) is 146 Å². The molecule has 206 valence electrons. The monoisotopic (exact) mass is 564 g/mol. The number of pyridine rings is 4. The lowest BCUT2D eigenvalue weighted by molar-refractivity contribution is 1.08. The minimum atomic E-state index is 0.840. The molecule has 6 heteroatoms. The molecule has 0 spiro atoms. The van der Waals surface area contributed by atoms with Crippen molar-refractivity contribution in [2.75, 3.05) is 0 Å². The van der Waals surface area contributed by atoms with Gasteiger partial charge in [0.2, 0.25) is 0 Å². The van der Waals surface area contributed by atoms with Crippen LogP contribution in [0.5, 0.6) is 0 Å². The number of fused-ring (bicyclic) bond motifs is 6. The Morgan fingerprint density at radius 3 is 1.30 bits per heavy atom. The molecule has 0 amide bonds. The fraction of sp³-hybridized carbons (Fsp3) is 0. The average molecular weight is 565 g/mol. The van der Waals surface area contributed by atoms with Crippen molar-refractivity contribution < 1.29 is 0 Å². The number of benzene rings is 3. The van der Waals surface area contributed by atoms with Gasteiger partial charge >= 0.3 is 0 Å². The molecule has 3 aromatic carbocycles. The molecule has 0 N–H and O–H groups in total. The first kappa shape index (κ1) is 24.5. The van der Waals surface area contributed by atoms with Crippen LogP contribution < -0.4 is 0 Å². The predicted molar refractivity (Wildman–Crippen MR) is 177 cm³/mol. The summed E-state index contributed by atoms with van der Waals surface area (Å²) in [6, 6.07) is 45.6. The fourth-order valence-corrected chi connectivity index (χ4v) is 6.28. The maximum atomic E-state index is 5.12. The lowest BCUT2D eigenvalue weighted by Crippen LogP contribution is -1.99. The van der Waals surface area contributed by atoms with Crippen LogP contribution in [0.25, 0.3) is 78.0 Å². The van der Waals surface area contributed by atoms with Gasteiger partial charge in [-0.05, 0) is 60.7 Å². The Balaban J connectivity index is 1.34. The van der Waals surface area contributed by atoms with Crippen molar-refractivity contribution in [2.45, 2.75) is 0 Å². The fourth-order valence-electron chi connectivity index (χ4n) is 6.28. The number of hydrogen-bond donors (Lipinski definition) is 0. The minimum absolute atomic E-state index is 0.840. The summed E-state index contributed by atoms with van der Waals surface area (Å²) < 4.78 is 4.42. The van der Waals surface area contributed by atoms with Crippen LogP contribution in [0, 0.1) is 0 Å². The van der Waals surface area contributed by atoms with Crippen LogP contribution in [0.2, 0.25) is 0 Å². The standard InChI is InChI=1S/C38H24N6/c1-3-11-25(12-4-1)29-15-7-19-35(41-29)43-31-17-9-21-39-37(31)27-24-34-28(23-33(27)43)38-32(18-10-22-40-38)44(34)36-20-8-16-30(42-36)26-13-5-2-6-14-26/h1-24H. The summed E-state index contributed by atoms with van der Waals surface area (Å²) in [5, 5.41) is 2.09. The Labute approximate surface area is 252 Å². The van der Waals surface area contributed by atoms with Gasteiger partial charge in [0.05, 0.1) is 44.5 Å². The smallest absolute Gasteiger partial charge is 0.138 e. The van der Waals surface area contributed by atoms with Crippen molar-refractivity contribution in [1.82, 2.24) is 29.1 Å². The van der Waals surface area contributed by atoms with Crippen LogP contribution in [-0.4, -0.2) is 29.1 Å². The van der Waals surface area contributed by atoms with Crippen LogP contribution in [0.4, 0.5) is 0 Å². The first-order chi connectivity index (χ1) is 21.8. The second-order valence-corrected chi connectivity index (χ2v) is 10.8. The Morgan fingerprint density at radius 2 is 0.841 bits per heavy atom. The molecule has 9 rings (SSSR count). The molecule has 9 aromatic rings. The zero-order valence-electron chi connectivity index (χ0n) is 23.5. The molecule has 0 aliphatic rings. The van der Waals surface area contributed by atoms with Crippen LogP contribution in [-0.2, 0) is 0 Å². The van der Waals surface area contributed by atoms with Crippen molar-refractivity contribution >= 4 is 43.9 Å². The van der Waals surface area contributed by atoms with Crippen molar-refractivity contribution in [2.24, 2.45) is 0 Å². The van der Waals surface area contributed by atoms with E-state index in [2.05, 4.69) is 94.1 Å². The summed E-state index contributed by atoms with van der Waals surface area (Å²) in [5.74, 6) is 1.68. The van der Waals surface area contributed by atoms with Gasteiger partial charge in [-0.15, -0.1) is 0 Å². The van der Waals surface area contributed by atoms with Crippen molar-refractivity contribution in [3.8, 4) is 34.2 Å². The zero-order valence-corrected chi connectivity index (χ0v) is 23.5. The SMILES string of the molecule is c1ccc(-c2cccc(-n3c4cc5c6ncccc6n(-c6cccc(-c7ccccc7)n6)c5cc4c4ncccc43)n2)cc1. The molecule has 0 aliphatic heterocycles. The second-order valence-electron chi connectivity index (χ2n) is 10.8. The average Bonchev–Trinajstić information content (AvgIpc) is 3.60. The molecule has 6 heterocycles. The van der Waals surface area contributed by atoms with E-state index in [0.29, 0.717) is 0 Å². The molecule has 6 aromatic heterocycles. The van der Waals surface area contributed by atoms with Crippen molar-refractivity contribution in [1.29, 1.82) is 0 Å². The summed E-state index contributed by atoms with van der Waals surface area (Å²) in [7, 11) is 0. The van der Waals surface area contributed by atoms with Crippen molar-refractivity contribution in [3.63, 3.8) is 0 Å². The second kappa shape index (κ2) is 9.71. The maximum absolute atomic E-state index is 5.12.